The predicted octanol–water partition coefficient (Wildman–Crippen LogP) is -0.702. The van der Waals surface area contributed by atoms with Crippen LogP contribution in [0.2, 0.25) is 0 Å². The fourth-order valence-corrected chi connectivity index (χ4v) is 0.644. The molecule has 0 saturated carbocycles. The molecule has 1 aliphatic rings. The number of hydrogen-bond acceptors (Lipinski definition) is 3. The van der Waals surface area contributed by atoms with Gasteiger partial charge in [0.25, 0.3) is 0 Å². The van der Waals surface area contributed by atoms with Crippen LogP contribution >= 0.6 is 0 Å². The Bertz CT molecular complexity index is 179. The number of esters is 1. The van der Waals surface area contributed by atoms with Crippen LogP contribution in [0.15, 0.2) is 0 Å². The summed E-state index contributed by atoms with van der Waals surface area (Å²) in [6.45, 7) is 0.222. The predicted molar refractivity (Wildman–Crippen MR) is 29.4 cm³/mol. The number of rotatable bonds is 0. The van der Waals surface area contributed by atoms with E-state index >= 15 is 0 Å². The van der Waals surface area contributed by atoms with E-state index in [4.69, 9.17) is 11.5 Å². The van der Waals surface area contributed by atoms with E-state index in [0.717, 1.165) is 0 Å². The number of aliphatic hydroxyl groups is 1. The molecule has 48 valence electrons. The number of terminal acetylenes is 1. The maximum absolute atomic E-state index is 10.5. The molecule has 0 spiro atoms. The molecule has 1 saturated heterocycles. The van der Waals surface area contributed by atoms with Crippen molar-refractivity contribution in [2.75, 3.05) is 6.61 Å². The highest BCUT2D eigenvalue weighted by molar-refractivity contribution is 5.84. The average Bonchev–Trinajstić information content (AvgIpc) is 2.15. The van der Waals surface area contributed by atoms with Gasteiger partial charge in [0, 0.05) is 6.42 Å². The van der Waals surface area contributed by atoms with Gasteiger partial charge >= 0.3 is 5.97 Å². The van der Waals surface area contributed by atoms with Crippen molar-refractivity contribution >= 4 is 5.97 Å². The number of carbonyl (C=O) groups is 1. The summed E-state index contributed by atoms with van der Waals surface area (Å²) in [6.07, 6.45) is 5.07. The molecule has 0 aliphatic carbocycles. The second kappa shape index (κ2) is 1.74. The minimum atomic E-state index is -1.64. The average molecular weight is 126 g/mol. The van der Waals surface area contributed by atoms with Crippen LogP contribution in [0, 0.1) is 12.3 Å². The maximum atomic E-state index is 10.5. The highest BCUT2D eigenvalue weighted by atomic mass is 16.6. The quantitative estimate of drug-likeness (QED) is 0.345. The zero-order valence-electron chi connectivity index (χ0n) is 4.76. The van der Waals surface area contributed by atoms with E-state index in [9.17, 15) is 4.79 Å². The summed E-state index contributed by atoms with van der Waals surface area (Å²) in [7, 11) is 0. The third-order valence-electron chi connectivity index (χ3n) is 1.27. The molecule has 0 bridgehead atoms. The Labute approximate surface area is 52.6 Å². The molecule has 0 aromatic heterocycles. The van der Waals surface area contributed by atoms with Gasteiger partial charge in [0.1, 0.15) is 0 Å². The second-order valence-corrected chi connectivity index (χ2v) is 1.89. The first-order valence-electron chi connectivity index (χ1n) is 2.56. The minimum Gasteiger partial charge on any atom is -0.463 e. The Morgan fingerprint density at radius 3 is 2.78 bits per heavy atom. The Morgan fingerprint density at radius 2 is 2.56 bits per heavy atom. The zero-order chi connectivity index (χ0) is 6.91. The third kappa shape index (κ3) is 0.775. The standard InChI is InChI=1S/C6H6O3/c1-2-6(8)3-4-9-5(6)7/h1,8H,3-4H2/t6-/m0/s1. The van der Waals surface area contributed by atoms with E-state index in [-0.39, 0.29) is 13.0 Å². The van der Waals surface area contributed by atoms with Crippen LogP contribution in [0.3, 0.4) is 0 Å². The third-order valence-corrected chi connectivity index (χ3v) is 1.27. The molecule has 0 radical (unpaired) electrons. The summed E-state index contributed by atoms with van der Waals surface area (Å²) in [4.78, 5) is 10.5. The van der Waals surface area contributed by atoms with Crippen LogP contribution in [-0.2, 0) is 9.53 Å². The summed E-state index contributed by atoms with van der Waals surface area (Å²) in [6, 6.07) is 0. The summed E-state index contributed by atoms with van der Waals surface area (Å²) in [5, 5.41) is 9.06. The topological polar surface area (TPSA) is 46.5 Å². The highest BCUT2D eigenvalue weighted by Gasteiger charge is 2.40. The summed E-state index contributed by atoms with van der Waals surface area (Å²) in [5.41, 5.74) is -1.64. The first-order valence-corrected chi connectivity index (χ1v) is 2.56. The molecule has 1 fully saturated rings. The normalized spacial score (nSPS) is 33.6. The SMILES string of the molecule is C#C[C@]1(O)CCOC1=O. The molecule has 0 amide bonds. The summed E-state index contributed by atoms with van der Waals surface area (Å²) in [5.74, 6) is 1.27. The van der Waals surface area contributed by atoms with E-state index in [2.05, 4.69) is 4.74 Å². The molecule has 1 atom stereocenters. The zero-order valence-corrected chi connectivity index (χ0v) is 4.76. The minimum absolute atomic E-state index is 0.211. The van der Waals surface area contributed by atoms with Gasteiger partial charge in [0.05, 0.1) is 6.61 Å². The van der Waals surface area contributed by atoms with Gasteiger partial charge in [-0.2, -0.15) is 0 Å². The number of hydrogen-bond donors (Lipinski definition) is 1. The summed E-state index contributed by atoms with van der Waals surface area (Å²) < 4.78 is 4.43. The van der Waals surface area contributed by atoms with E-state index in [1.54, 1.807) is 0 Å². The Morgan fingerprint density at radius 1 is 1.89 bits per heavy atom. The lowest BCUT2D eigenvalue weighted by molar-refractivity contribution is -0.148. The van der Waals surface area contributed by atoms with Crippen LogP contribution in [0.4, 0.5) is 0 Å². The van der Waals surface area contributed by atoms with E-state index < -0.39 is 11.6 Å². The van der Waals surface area contributed by atoms with Crippen LogP contribution in [0.5, 0.6) is 0 Å². The van der Waals surface area contributed by atoms with Crippen molar-refractivity contribution in [2.45, 2.75) is 12.0 Å². The lowest BCUT2D eigenvalue weighted by Gasteiger charge is -2.06. The molecular weight excluding hydrogens is 120 g/mol. The van der Waals surface area contributed by atoms with Gasteiger partial charge < -0.3 is 9.84 Å². The number of ether oxygens (including phenoxy) is 1. The molecule has 3 nitrogen and oxygen atoms in total. The molecule has 0 unspecified atom stereocenters. The molecule has 1 heterocycles. The fraction of sp³-hybridized carbons (Fsp3) is 0.500. The van der Waals surface area contributed by atoms with Crippen LogP contribution in [0.1, 0.15) is 6.42 Å². The molecule has 0 aromatic carbocycles. The molecule has 1 aliphatic heterocycles. The molecular formula is C6H6O3. The number of cyclic esters (lactones) is 1. The highest BCUT2D eigenvalue weighted by Crippen LogP contribution is 2.17. The molecule has 1 N–H and O–H groups in total. The van der Waals surface area contributed by atoms with Crippen molar-refractivity contribution in [2.24, 2.45) is 0 Å². The van der Waals surface area contributed by atoms with Crippen molar-refractivity contribution in [1.82, 2.24) is 0 Å². The van der Waals surface area contributed by atoms with Crippen molar-refractivity contribution in [3.05, 3.63) is 0 Å². The van der Waals surface area contributed by atoms with Gasteiger partial charge in [-0.3, -0.25) is 0 Å². The van der Waals surface area contributed by atoms with Gasteiger partial charge in [0.2, 0.25) is 5.60 Å². The van der Waals surface area contributed by atoms with E-state index in [1.165, 1.54) is 0 Å². The Balaban J connectivity index is 2.82. The fourth-order valence-electron chi connectivity index (χ4n) is 0.644. The molecule has 3 heteroatoms. The van der Waals surface area contributed by atoms with E-state index in [1.807, 2.05) is 5.92 Å². The van der Waals surface area contributed by atoms with Crippen molar-refractivity contribution < 1.29 is 14.6 Å². The van der Waals surface area contributed by atoms with Crippen molar-refractivity contribution in [3.8, 4) is 12.3 Å². The van der Waals surface area contributed by atoms with Crippen LogP contribution in [0.25, 0.3) is 0 Å². The maximum Gasteiger partial charge on any atom is 0.351 e. The van der Waals surface area contributed by atoms with Crippen molar-refractivity contribution in [1.29, 1.82) is 0 Å². The monoisotopic (exact) mass is 126 g/mol. The van der Waals surface area contributed by atoms with Crippen LogP contribution < -0.4 is 0 Å². The van der Waals surface area contributed by atoms with Crippen LogP contribution in [-0.4, -0.2) is 23.3 Å². The Kier molecular flexibility index (Phi) is 1.19. The molecule has 0 aromatic rings. The smallest absolute Gasteiger partial charge is 0.351 e. The van der Waals surface area contributed by atoms with Gasteiger partial charge in [-0.25, -0.2) is 4.79 Å². The van der Waals surface area contributed by atoms with Gasteiger partial charge in [-0.15, -0.1) is 6.42 Å². The first kappa shape index (κ1) is 6.12. The largest absolute Gasteiger partial charge is 0.463 e. The van der Waals surface area contributed by atoms with Gasteiger partial charge in [0.15, 0.2) is 0 Å². The van der Waals surface area contributed by atoms with Gasteiger partial charge in [-0.1, -0.05) is 5.92 Å². The molecule has 9 heavy (non-hydrogen) atoms. The Hall–Kier alpha value is -1.01. The first-order chi connectivity index (χ1) is 4.19. The lowest BCUT2D eigenvalue weighted by Crippen LogP contribution is -2.31. The lowest BCUT2D eigenvalue weighted by atomic mass is 10.1. The number of carbonyl (C=O) groups excluding carboxylic acids is 1. The summed E-state index contributed by atoms with van der Waals surface area (Å²) >= 11 is 0. The van der Waals surface area contributed by atoms with Crippen molar-refractivity contribution in [3.63, 3.8) is 0 Å². The second-order valence-electron chi connectivity index (χ2n) is 1.89. The van der Waals surface area contributed by atoms with Gasteiger partial charge in [-0.05, 0) is 0 Å². The van der Waals surface area contributed by atoms with E-state index in [0.29, 0.717) is 0 Å². The molecule has 1 rings (SSSR count).